The molecule has 1 aromatic heterocycles. The number of aromatic nitrogens is 2. The summed E-state index contributed by atoms with van der Waals surface area (Å²) in [6.45, 7) is 1.90. The van der Waals surface area contributed by atoms with Crippen LogP contribution in [0.5, 0.6) is 11.5 Å². The maximum atomic E-state index is 12.6. The molecule has 0 saturated heterocycles. The Hall–Kier alpha value is -2.54. The van der Waals surface area contributed by atoms with Gasteiger partial charge < -0.3 is 19.3 Å². The monoisotopic (exact) mass is 389 g/mol. The van der Waals surface area contributed by atoms with E-state index in [1.165, 1.54) is 6.08 Å². The summed E-state index contributed by atoms with van der Waals surface area (Å²) in [7, 11) is 0. The summed E-state index contributed by atoms with van der Waals surface area (Å²) in [5, 5.41) is 7.62. The summed E-state index contributed by atoms with van der Waals surface area (Å²) in [6, 6.07) is 3.52. The number of benzene rings is 1. The number of halogens is 1. The molecule has 0 atom stereocenters. The Balaban J connectivity index is 1.52. The van der Waals surface area contributed by atoms with E-state index in [0.717, 1.165) is 37.7 Å². The van der Waals surface area contributed by atoms with Crippen molar-refractivity contribution < 1.29 is 18.8 Å². The summed E-state index contributed by atoms with van der Waals surface area (Å²) < 4.78 is 15.8. The first-order chi connectivity index (χ1) is 13.1. The van der Waals surface area contributed by atoms with Gasteiger partial charge in [-0.2, -0.15) is 4.98 Å². The van der Waals surface area contributed by atoms with Gasteiger partial charge in [-0.25, -0.2) is 0 Å². The van der Waals surface area contributed by atoms with Crippen LogP contribution in [0.25, 0.3) is 6.08 Å². The summed E-state index contributed by atoms with van der Waals surface area (Å²) in [6.07, 6.45) is 7.92. The topological polar surface area (TPSA) is 86.5 Å². The number of hydrogen-bond acceptors (Lipinski definition) is 6. The standard InChI is InChI=1S/C19H20ClN3O4/c1-12-21-18(23-27-12)19(7-3-2-4-8-19)22-16(24)6-5-13-9-14(20)17-15(10-13)25-11-26-17/h5-6,9-10H,2-4,7-8,11H2,1H3,(H,22,24)/b6-5+. The van der Waals surface area contributed by atoms with Gasteiger partial charge >= 0.3 is 0 Å². The minimum absolute atomic E-state index is 0.148. The number of carbonyl (C=O) groups excluding carboxylic acids is 1. The van der Waals surface area contributed by atoms with Crippen molar-refractivity contribution in [3.8, 4) is 11.5 Å². The van der Waals surface area contributed by atoms with Crippen LogP contribution in [0.1, 0.15) is 49.4 Å². The van der Waals surface area contributed by atoms with Crippen molar-refractivity contribution in [2.75, 3.05) is 6.79 Å². The predicted octanol–water partition coefficient (Wildman–Crippen LogP) is 3.75. The molecule has 1 amide bonds. The summed E-state index contributed by atoms with van der Waals surface area (Å²) in [5.74, 6) is 1.94. The molecule has 7 nitrogen and oxygen atoms in total. The van der Waals surface area contributed by atoms with Crippen LogP contribution in [0, 0.1) is 6.92 Å². The third-order valence-corrected chi connectivity index (χ3v) is 5.18. The maximum Gasteiger partial charge on any atom is 0.244 e. The lowest BCUT2D eigenvalue weighted by atomic mass is 9.81. The highest BCUT2D eigenvalue weighted by Gasteiger charge is 2.39. The normalized spacial score (nSPS) is 18.0. The van der Waals surface area contributed by atoms with Gasteiger partial charge in [-0.15, -0.1) is 0 Å². The Bertz CT molecular complexity index is 887. The Morgan fingerprint density at radius 3 is 2.81 bits per heavy atom. The highest BCUT2D eigenvalue weighted by Crippen LogP contribution is 2.40. The highest BCUT2D eigenvalue weighted by atomic mass is 35.5. The molecular formula is C19H20ClN3O4. The van der Waals surface area contributed by atoms with Crippen LogP contribution >= 0.6 is 11.6 Å². The average Bonchev–Trinajstić information content (AvgIpc) is 3.30. The van der Waals surface area contributed by atoms with Gasteiger partial charge in [0.2, 0.25) is 18.6 Å². The van der Waals surface area contributed by atoms with Gasteiger partial charge in [-0.1, -0.05) is 36.0 Å². The molecule has 2 heterocycles. The van der Waals surface area contributed by atoms with Gasteiger partial charge in [-0.05, 0) is 36.6 Å². The first-order valence-electron chi connectivity index (χ1n) is 8.96. The SMILES string of the molecule is Cc1nc(C2(NC(=O)/C=C/c3cc(Cl)c4c(c3)OCO4)CCCCC2)no1. The molecule has 1 saturated carbocycles. The van der Waals surface area contributed by atoms with Crippen LogP contribution in [0.2, 0.25) is 5.02 Å². The zero-order chi connectivity index (χ0) is 18.9. The molecule has 4 rings (SSSR count). The second-order valence-corrected chi connectivity index (χ2v) is 7.25. The minimum atomic E-state index is -0.579. The van der Waals surface area contributed by atoms with E-state index in [2.05, 4.69) is 15.5 Å². The van der Waals surface area contributed by atoms with E-state index in [1.54, 1.807) is 25.1 Å². The van der Waals surface area contributed by atoms with Crippen LogP contribution in [0.4, 0.5) is 0 Å². The molecule has 1 aromatic carbocycles. The third kappa shape index (κ3) is 3.64. The molecule has 0 radical (unpaired) electrons. The molecule has 0 unspecified atom stereocenters. The first kappa shape index (κ1) is 17.9. The Morgan fingerprint density at radius 1 is 1.26 bits per heavy atom. The second-order valence-electron chi connectivity index (χ2n) is 6.84. The van der Waals surface area contributed by atoms with Gasteiger partial charge in [0.05, 0.1) is 5.02 Å². The van der Waals surface area contributed by atoms with Crippen molar-refractivity contribution in [3.05, 3.63) is 40.5 Å². The average molecular weight is 390 g/mol. The molecule has 1 fully saturated rings. The van der Waals surface area contributed by atoms with Gasteiger partial charge in [0.25, 0.3) is 0 Å². The fourth-order valence-electron chi connectivity index (χ4n) is 3.59. The zero-order valence-corrected chi connectivity index (χ0v) is 15.7. The summed E-state index contributed by atoms with van der Waals surface area (Å²) >= 11 is 6.18. The second kappa shape index (κ2) is 7.23. The molecule has 0 bridgehead atoms. The molecule has 2 aromatic rings. The van der Waals surface area contributed by atoms with E-state index < -0.39 is 5.54 Å². The summed E-state index contributed by atoms with van der Waals surface area (Å²) in [4.78, 5) is 17.0. The number of ether oxygens (including phenoxy) is 2. The van der Waals surface area contributed by atoms with Crippen LogP contribution in [-0.2, 0) is 10.3 Å². The van der Waals surface area contributed by atoms with Crippen LogP contribution in [-0.4, -0.2) is 22.8 Å². The van der Waals surface area contributed by atoms with Gasteiger partial charge in [0.15, 0.2) is 17.3 Å². The molecular weight excluding hydrogens is 370 g/mol. The van der Waals surface area contributed by atoms with Crippen LogP contribution in [0.3, 0.4) is 0 Å². The number of aryl methyl sites for hydroxylation is 1. The van der Waals surface area contributed by atoms with E-state index in [-0.39, 0.29) is 12.7 Å². The van der Waals surface area contributed by atoms with E-state index in [1.807, 2.05) is 0 Å². The number of carbonyl (C=O) groups is 1. The molecule has 1 aliphatic carbocycles. The molecule has 0 spiro atoms. The van der Waals surface area contributed by atoms with Crippen molar-refractivity contribution in [2.24, 2.45) is 0 Å². The highest BCUT2D eigenvalue weighted by molar-refractivity contribution is 6.32. The lowest BCUT2D eigenvalue weighted by molar-refractivity contribution is -0.119. The molecule has 142 valence electrons. The predicted molar refractivity (Wildman–Crippen MR) is 98.5 cm³/mol. The fourth-order valence-corrected chi connectivity index (χ4v) is 3.86. The van der Waals surface area contributed by atoms with E-state index >= 15 is 0 Å². The number of nitrogens with zero attached hydrogens (tertiary/aromatic N) is 2. The maximum absolute atomic E-state index is 12.6. The van der Waals surface area contributed by atoms with E-state index in [9.17, 15) is 4.79 Å². The van der Waals surface area contributed by atoms with Crippen molar-refractivity contribution in [1.29, 1.82) is 0 Å². The van der Waals surface area contributed by atoms with Crippen molar-refractivity contribution in [3.63, 3.8) is 0 Å². The van der Waals surface area contributed by atoms with Crippen molar-refractivity contribution in [2.45, 2.75) is 44.6 Å². The van der Waals surface area contributed by atoms with E-state index in [0.29, 0.717) is 28.2 Å². The summed E-state index contributed by atoms with van der Waals surface area (Å²) in [5.41, 5.74) is 0.178. The first-order valence-corrected chi connectivity index (χ1v) is 9.34. The van der Waals surface area contributed by atoms with E-state index in [4.69, 9.17) is 25.6 Å². The van der Waals surface area contributed by atoms with Gasteiger partial charge in [0.1, 0.15) is 5.54 Å². The Kier molecular flexibility index (Phi) is 4.78. The third-order valence-electron chi connectivity index (χ3n) is 4.90. The zero-order valence-electron chi connectivity index (χ0n) is 15.0. The van der Waals surface area contributed by atoms with Crippen LogP contribution < -0.4 is 14.8 Å². The van der Waals surface area contributed by atoms with Gasteiger partial charge in [0, 0.05) is 13.0 Å². The quantitative estimate of drug-likeness (QED) is 0.801. The minimum Gasteiger partial charge on any atom is -0.454 e. The van der Waals surface area contributed by atoms with Gasteiger partial charge in [-0.3, -0.25) is 4.79 Å². The molecule has 8 heteroatoms. The number of amides is 1. The van der Waals surface area contributed by atoms with Crippen molar-refractivity contribution in [1.82, 2.24) is 15.5 Å². The number of nitrogens with one attached hydrogen (secondary N) is 1. The lowest BCUT2D eigenvalue weighted by Crippen LogP contribution is -2.47. The largest absolute Gasteiger partial charge is 0.454 e. The van der Waals surface area contributed by atoms with Crippen molar-refractivity contribution >= 4 is 23.6 Å². The number of hydrogen-bond donors (Lipinski definition) is 1. The number of rotatable bonds is 4. The smallest absolute Gasteiger partial charge is 0.244 e. The fraction of sp³-hybridized carbons (Fsp3) is 0.421. The molecule has 27 heavy (non-hydrogen) atoms. The Labute approximate surface area is 161 Å². The molecule has 1 N–H and O–H groups in total. The molecule has 1 aliphatic heterocycles. The van der Waals surface area contributed by atoms with Crippen LogP contribution in [0.15, 0.2) is 22.7 Å². The molecule has 2 aliphatic rings. The Morgan fingerprint density at radius 2 is 2.07 bits per heavy atom. The lowest BCUT2D eigenvalue weighted by Gasteiger charge is -2.34. The number of fused-ring (bicyclic) bond motifs is 1.